The molecule has 44 heavy (non-hydrogen) atoms. The van der Waals surface area contributed by atoms with Crippen LogP contribution in [0.2, 0.25) is 0 Å². The van der Waals surface area contributed by atoms with Gasteiger partial charge in [-0.05, 0) is 96.5 Å². The number of rotatable bonds is 14. The maximum atomic E-state index is 12.3. The van der Waals surface area contributed by atoms with E-state index >= 15 is 0 Å². The van der Waals surface area contributed by atoms with Gasteiger partial charge in [0.15, 0.2) is 0 Å². The van der Waals surface area contributed by atoms with Gasteiger partial charge in [-0.25, -0.2) is 9.59 Å². The van der Waals surface area contributed by atoms with Crippen LogP contribution in [0.3, 0.4) is 0 Å². The molecule has 4 rings (SSSR count). The lowest BCUT2D eigenvalue weighted by molar-refractivity contribution is -0.140. The molecular weight excluding hydrogens is 552 g/mol. The lowest BCUT2D eigenvalue weighted by Crippen LogP contribution is -2.15. The van der Waals surface area contributed by atoms with Gasteiger partial charge >= 0.3 is 11.9 Å². The molecule has 0 saturated heterocycles. The molecule has 6 nitrogen and oxygen atoms in total. The highest BCUT2D eigenvalue weighted by Gasteiger charge is 2.25. The minimum absolute atomic E-state index is 0.0163. The zero-order valence-corrected chi connectivity index (χ0v) is 26.0. The fraction of sp³-hybridized carbons (Fsp3) is 0.368. The van der Waals surface area contributed by atoms with Crippen molar-refractivity contribution in [3.63, 3.8) is 0 Å². The fourth-order valence-electron chi connectivity index (χ4n) is 5.70. The van der Waals surface area contributed by atoms with E-state index in [1.807, 2.05) is 30.3 Å². The minimum atomic E-state index is -0.626. The van der Waals surface area contributed by atoms with Gasteiger partial charge in [-0.2, -0.15) is 0 Å². The van der Waals surface area contributed by atoms with Gasteiger partial charge in [0.1, 0.15) is 24.7 Å². The number of aliphatic hydroxyl groups excluding tert-OH is 1. The Hall–Kier alpha value is -4.16. The first kappa shape index (κ1) is 32.7. The van der Waals surface area contributed by atoms with E-state index in [9.17, 15) is 9.59 Å². The highest BCUT2D eigenvalue weighted by atomic mass is 16.6. The molecule has 1 fully saturated rings. The van der Waals surface area contributed by atoms with E-state index in [1.54, 1.807) is 6.92 Å². The number of carbonyl (C=O) groups excluding carboxylic acids is 2. The number of carbonyl (C=O) groups is 2. The molecule has 0 amide bonds. The topological polar surface area (TPSA) is 82.1 Å². The Morgan fingerprint density at radius 3 is 2.05 bits per heavy atom. The smallest absolute Gasteiger partial charge is 0.338 e. The number of unbranched alkanes of at least 4 members (excludes halogenated alkanes) is 1. The molecule has 6 heteroatoms. The summed E-state index contributed by atoms with van der Waals surface area (Å²) in [6.45, 7) is 10.9. The molecule has 232 valence electrons. The third-order valence-electron chi connectivity index (χ3n) is 8.28. The van der Waals surface area contributed by atoms with E-state index in [4.69, 9.17) is 19.3 Å². The summed E-state index contributed by atoms with van der Waals surface area (Å²) in [4.78, 5) is 23.8. The quantitative estimate of drug-likeness (QED) is 0.0870. The molecule has 3 aromatic carbocycles. The zero-order valence-electron chi connectivity index (χ0n) is 26.0. The van der Waals surface area contributed by atoms with Gasteiger partial charge in [0.25, 0.3) is 0 Å². The van der Waals surface area contributed by atoms with E-state index in [1.165, 1.54) is 43.2 Å². The predicted molar refractivity (Wildman–Crippen MR) is 175 cm³/mol. The van der Waals surface area contributed by atoms with Crippen molar-refractivity contribution < 1.29 is 28.9 Å². The maximum absolute atomic E-state index is 12.3. The first-order valence-electron chi connectivity index (χ1n) is 15.6. The zero-order chi connectivity index (χ0) is 31.5. The Morgan fingerprint density at radius 2 is 1.43 bits per heavy atom. The second-order valence-corrected chi connectivity index (χ2v) is 11.6. The van der Waals surface area contributed by atoms with Crippen molar-refractivity contribution in [3.8, 4) is 33.8 Å². The van der Waals surface area contributed by atoms with Crippen LogP contribution in [0.25, 0.3) is 22.3 Å². The summed E-state index contributed by atoms with van der Waals surface area (Å²) >= 11 is 0. The van der Waals surface area contributed by atoms with Crippen molar-refractivity contribution in [1.29, 1.82) is 0 Å². The van der Waals surface area contributed by atoms with Crippen molar-refractivity contribution in [2.45, 2.75) is 64.7 Å². The molecule has 0 aliphatic heterocycles. The average molecular weight is 597 g/mol. The lowest BCUT2D eigenvalue weighted by atomic mass is 9.75. The molecule has 0 bridgehead atoms. The Kier molecular flexibility index (Phi) is 12.0. The molecule has 0 aromatic heterocycles. The molecule has 0 radical (unpaired) electrons. The van der Waals surface area contributed by atoms with Crippen molar-refractivity contribution in [2.75, 3.05) is 19.8 Å². The van der Waals surface area contributed by atoms with E-state index in [2.05, 4.69) is 56.5 Å². The van der Waals surface area contributed by atoms with E-state index in [0.29, 0.717) is 23.0 Å². The summed E-state index contributed by atoms with van der Waals surface area (Å²) in [6.07, 6.45) is 8.63. The van der Waals surface area contributed by atoms with Gasteiger partial charge in [-0.1, -0.05) is 81.8 Å². The van der Waals surface area contributed by atoms with Gasteiger partial charge in [-0.15, -0.1) is 0 Å². The number of aliphatic hydroxyl groups is 1. The second kappa shape index (κ2) is 16.1. The van der Waals surface area contributed by atoms with Crippen molar-refractivity contribution in [3.05, 3.63) is 96.6 Å². The van der Waals surface area contributed by atoms with Crippen LogP contribution in [0.5, 0.6) is 11.5 Å². The van der Waals surface area contributed by atoms with Gasteiger partial charge in [0, 0.05) is 5.57 Å². The molecule has 1 saturated carbocycles. The standard InChI is InChI=1S/C38H44O6/c1-5-6-7-28-8-10-32(11-9-28)36-24-34(44-37(40)26(2)3)20-21-35(36)31-14-12-29(13-15-31)30-16-18-33(19-17-30)42-22-23-43-38(41)27(4)25-39/h12-21,24,28,32,39H,2,4-11,22-23,25H2,1,3H3. The number of hydrogen-bond donors (Lipinski definition) is 1. The monoisotopic (exact) mass is 596 g/mol. The van der Waals surface area contributed by atoms with Crippen LogP contribution in [0.4, 0.5) is 0 Å². The maximum Gasteiger partial charge on any atom is 0.338 e. The summed E-state index contributed by atoms with van der Waals surface area (Å²) in [7, 11) is 0. The van der Waals surface area contributed by atoms with Gasteiger partial charge in [0.05, 0.1) is 12.2 Å². The summed E-state index contributed by atoms with van der Waals surface area (Å²) in [5.74, 6) is 1.45. The Bertz CT molecular complexity index is 1430. The third kappa shape index (κ3) is 8.93. The number of esters is 2. The summed E-state index contributed by atoms with van der Waals surface area (Å²) in [5.41, 5.74) is 6.09. The van der Waals surface area contributed by atoms with Gasteiger partial charge < -0.3 is 19.3 Å². The Labute approximate surface area is 261 Å². The Morgan fingerprint density at radius 1 is 0.818 bits per heavy atom. The molecule has 1 N–H and O–H groups in total. The molecule has 0 spiro atoms. The highest BCUT2D eigenvalue weighted by molar-refractivity contribution is 5.89. The van der Waals surface area contributed by atoms with Crippen LogP contribution in [0.1, 0.15) is 70.3 Å². The normalized spacial score (nSPS) is 16.2. The van der Waals surface area contributed by atoms with Crippen LogP contribution in [-0.2, 0) is 14.3 Å². The van der Waals surface area contributed by atoms with Crippen molar-refractivity contribution in [2.24, 2.45) is 5.92 Å². The van der Waals surface area contributed by atoms with Gasteiger partial charge in [0.2, 0.25) is 0 Å². The van der Waals surface area contributed by atoms with Crippen molar-refractivity contribution in [1.82, 2.24) is 0 Å². The number of ether oxygens (including phenoxy) is 3. The van der Waals surface area contributed by atoms with Gasteiger partial charge in [-0.3, -0.25) is 0 Å². The molecule has 0 atom stereocenters. The average Bonchev–Trinajstić information content (AvgIpc) is 3.05. The summed E-state index contributed by atoms with van der Waals surface area (Å²) < 4.78 is 16.3. The van der Waals surface area contributed by atoms with Crippen LogP contribution in [0.15, 0.2) is 91.0 Å². The van der Waals surface area contributed by atoms with E-state index in [-0.39, 0.29) is 18.8 Å². The highest BCUT2D eigenvalue weighted by Crippen LogP contribution is 2.43. The van der Waals surface area contributed by atoms with E-state index in [0.717, 1.165) is 35.4 Å². The third-order valence-corrected chi connectivity index (χ3v) is 8.28. The van der Waals surface area contributed by atoms with Crippen LogP contribution in [-0.4, -0.2) is 36.9 Å². The molecule has 0 unspecified atom stereocenters. The second-order valence-electron chi connectivity index (χ2n) is 11.6. The largest absolute Gasteiger partial charge is 0.490 e. The molecular formula is C38H44O6. The summed E-state index contributed by atoms with van der Waals surface area (Å²) in [6, 6.07) is 22.3. The van der Waals surface area contributed by atoms with Crippen LogP contribution < -0.4 is 9.47 Å². The summed E-state index contributed by atoms with van der Waals surface area (Å²) in [5, 5.41) is 8.93. The predicted octanol–water partition coefficient (Wildman–Crippen LogP) is 8.44. The molecule has 3 aromatic rings. The van der Waals surface area contributed by atoms with Crippen LogP contribution in [0, 0.1) is 5.92 Å². The Balaban J connectivity index is 1.46. The van der Waals surface area contributed by atoms with Crippen LogP contribution >= 0.6 is 0 Å². The first-order valence-corrected chi connectivity index (χ1v) is 15.6. The minimum Gasteiger partial charge on any atom is -0.490 e. The molecule has 1 aliphatic carbocycles. The first-order chi connectivity index (χ1) is 21.3. The van der Waals surface area contributed by atoms with Crippen molar-refractivity contribution >= 4 is 11.9 Å². The fourth-order valence-corrected chi connectivity index (χ4v) is 5.70. The molecule has 1 aliphatic rings. The lowest BCUT2D eigenvalue weighted by Gasteiger charge is -2.30. The number of hydrogen-bond acceptors (Lipinski definition) is 6. The number of benzene rings is 3. The SMILES string of the molecule is C=C(C)C(=O)Oc1ccc(-c2ccc(-c3ccc(OCCOC(=O)C(=C)CO)cc3)cc2)c(C2CCC(CCCC)CC2)c1. The van der Waals surface area contributed by atoms with E-state index < -0.39 is 18.5 Å². The molecule has 0 heterocycles.